The van der Waals surface area contributed by atoms with Gasteiger partial charge in [-0.25, -0.2) is 9.37 Å². The fraction of sp³-hybridized carbons (Fsp3) is 0. The van der Waals surface area contributed by atoms with Crippen LogP contribution in [0.4, 0.5) is 10.1 Å². The molecule has 0 saturated carbocycles. The lowest BCUT2D eigenvalue weighted by Crippen LogP contribution is -2.15. The summed E-state index contributed by atoms with van der Waals surface area (Å²) < 4.78 is 18.7. The smallest absolute Gasteiger partial charge is 0.288 e. The number of para-hydroxylation sites is 1. The van der Waals surface area contributed by atoms with Crippen LogP contribution in [0.3, 0.4) is 0 Å². The average Bonchev–Trinajstić information content (AvgIpc) is 2.49. The maximum atomic E-state index is 13.5. The van der Waals surface area contributed by atoms with Crippen LogP contribution in [0.5, 0.6) is 11.6 Å². The standard InChI is InChI=1S/C12H9FN4O4/c13-9-3-1-2-4-10(9)21-12-8(11(14)16-18)5-7(6-15-12)17(19)20/h1-6,18H,(H2,14,16). The number of hydrogen-bond acceptors (Lipinski definition) is 6. The van der Waals surface area contributed by atoms with Crippen LogP contribution < -0.4 is 10.5 Å². The van der Waals surface area contributed by atoms with Gasteiger partial charge >= 0.3 is 0 Å². The maximum absolute atomic E-state index is 13.5. The molecule has 2 rings (SSSR count). The van der Waals surface area contributed by atoms with Crippen LogP contribution in [-0.4, -0.2) is 21.0 Å². The lowest BCUT2D eigenvalue weighted by Gasteiger charge is -2.09. The number of benzene rings is 1. The summed E-state index contributed by atoms with van der Waals surface area (Å²) in [6.07, 6.45) is 0.921. The van der Waals surface area contributed by atoms with Crippen molar-refractivity contribution in [3.63, 3.8) is 0 Å². The third-order valence-electron chi connectivity index (χ3n) is 2.47. The first kappa shape index (κ1) is 14.2. The van der Waals surface area contributed by atoms with Crippen molar-refractivity contribution in [2.75, 3.05) is 0 Å². The Labute approximate surface area is 117 Å². The first-order valence-corrected chi connectivity index (χ1v) is 5.57. The van der Waals surface area contributed by atoms with Crippen LogP contribution in [-0.2, 0) is 0 Å². The summed E-state index contributed by atoms with van der Waals surface area (Å²) in [5, 5.41) is 22.1. The number of nitrogens with zero attached hydrogens (tertiary/aromatic N) is 3. The number of amidine groups is 1. The van der Waals surface area contributed by atoms with E-state index in [4.69, 9.17) is 15.7 Å². The Morgan fingerprint density at radius 3 is 2.81 bits per heavy atom. The predicted octanol–water partition coefficient (Wildman–Crippen LogP) is 2.02. The normalized spacial score (nSPS) is 11.2. The van der Waals surface area contributed by atoms with Gasteiger partial charge in [-0.05, 0) is 12.1 Å². The number of nitrogens with two attached hydrogens (primary N) is 1. The summed E-state index contributed by atoms with van der Waals surface area (Å²) in [4.78, 5) is 13.7. The Morgan fingerprint density at radius 2 is 2.19 bits per heavy atom. The van der Waals surface area contributed by atoms with Crippen molar-refractivity contribution in [1.29, 1.82) is 0 Å². The number of oxime groups is 1. The van der Waals surface area contributed by atoms with Crippen molar-refractivity contribution in [2.45, 2.75) is 0 Å². The second-order valence-corrected chi connectivity index (χ2v) is 3.82. The van der Waals surface area contributed by atoms with E-state index in [0.29, 0.717) is 0 Å². The lowest BCUT2D eigenvalue weighted by atomic mass is 10.2. The van der Waals surface area contributed by atoms with Crippen LogP contribution in [0.2, 0.25) is 0 Å². The van der Waals surface area contributed by atoms with E-state index in [1.165, 1.54) is 24.3 Å². The molecule has 0 aliphatic heterocycles. The van der Waals surface area contributed by atoms with Gasteiger partial charge in [0.15, 0.2) is 17.4 Å². The zero-order chi connectivity index (χ0) is 15.4. The van der Waals surface area contributed by atoms with Crippen LogP contribution in [0, 0.1) is 15.9 Å². The summed E-state index contributed by atoms with van der Waals surface area (Å²) in [5.74, 6) is -1.47. The van der Waals surface area contributed by atoms with Crippen molar-refractivity contribution in [3.8, 4) is 11.6 Å². The topological polar surface area (TPSA) is 124 Å². The van der Waals surface area contributed by atoms with Gasteiger partial charge in [0, 0.05) is 6.07 Å². The Hall–Kier alpha value is -3.23. The number of nitro groups is 1. The van der Waals surface area contributed by atoms with Crippen molar-refractivity contribution in [1.82, 2.24) is 4.98 Å². The third kappa shape index (κ3) is 3.03. The fourth-order valence-corrected chi connectivity index (χ4v) is 1.49. The highest BCUT2D eigenvalue weighted by molar-refractivity contribution is 5.99. The average molecular weight is 292 g/mol. The second-order valence-electron chi connectivity index (χ2n) is 3.82. The molecule has 0 amide bonds. The van der Waals surface area contributed by atoms with E-state index in [9.17, 15) is 14.5 Å². The SMILES string of the molecule is NC(=NO)c1cc([N+](=O)[O-])cnc1Oc1ccccc1F. The number of pyridine rings is 1. The largest absolute Gasteiger partial charge is 0.435 e. The highest BCUT2D eigenvalue weighted by Crippen LogP contribution is 2.27. The Morgan fingerprint density at radius 1 is 1.48 bits per heavy atom. The summed E-state index contributed by atoms with van der Waals surface area (Å²) in [5.41, 5.74) is 4.91. The monoisotopic (exact) mass is 292 g/mol. The van der Waals surface area contributed by atoms with E-state index in [-0.39, 0.29) is 22.9 Å². The van der Waals surface area contributed by atoms with E-state index in [0.717, 1.165) is 12.3 Å². The van der Waals surface area contributed by atoms with E-state index in [1.807, 2.05) is 0 Å². The van der Waals surface area contributed by atoms with Crippen LogP contribution in [0.25, 0.3) is 0 Å². The third-order valence-corrected chi connectivity index (χ3v) is 2.47. The number of ether oxygens (including phenoxy) is 1. The quantitative estimate of drug-likeness (QED) is 0.292. The first-order valence-electron chi connectivity index (χ1n) is 5.57. The minimum Gasteiger partial charge on any atom is -0.435 e. The molecule has 0 aliphatic carbocycles. The molecule has 0 bridgehead atoms. The van der Waals surface area contributed by atoms with E-state index >= 15 is 0 Å². The summed E-state index contributed by atoms with van der Waals surface area (Å²) in [6.45, 7) is 0. The molecule has 2 aromatic rings. The summed E-state index contributed by atoms with van der Waals surface area (Å²) in [6, 6.07) is 6.53. The molecule has 1 heterocycles. The maximum Gasteiger partial charge on any atom is 0.288 e. The second kappa shape index (κ2) is 5.82. The Balaban J connectivity index is 2.48. The van der Waals surface area contributed by atoms with Gasteiger partial charge < -0.3 is 15.7 Å². The van der Waals surface area contributed by atoms with Gasteiger partial charge in [-0.15, -0.1) is 0 Å². The molecular weight excluding hydrogens is 283 g/mol. The molecular formula is C12H9FN4O4. The molecule has 9 heteroatoms. The number of halogens is 1. The van der Waals surface area contributed by atoms with Gasteiger partial charge in [-0.3, -0.25) is 10.1 Å². The van der Waals surface area contributed by atoms with Crippen molar-refractivity contribution >= 4 is 11.5 Å². The number of hydrogen-bond donors (Lipinski definition) is 2. The van der Waals surface area contributed by atoms with E-state index in [2.05, 4.69) is 10.1 Å². The van der Waals surface area contributed by atoms with Gasteiger partial charge in [0.25, 0.3) is 5.69 Å². The van der Waals surface area contributed by atoms with E-state index < -0.39 is 16.6 Å². The first-order chi connectivity index (χ1) is 10.0. The van der Waals surface area contributed by atoms with Gasteiger partial charge in [0.2, 0.25) is 5.88 Å². The van der Waals surface area contributed by atoms with Gasteiger partial charge in [-0.2, -0.15) is 0 Å². The molecule has 1 aromatic heterocycles. The molecule has 21 heavy (non-hydrogen) atoms. The molecule has 8 nitrogen and oxygen atoms in total. The van der Waals surface area contributed by atoms with E-state index in [1.54, 1.807) is 0 Å². The summed E-state index contributed by atoms with van der Waals surface area (Å²) >= 11 is 0. The van der Waals surface area contributed by atoms with Crippen molar-refractivity contribution in [3.05, 3.63) is 58.0 Å². The zero-order valence-corrected chi connectivity index (χ0v) is 10.4. The van der Waals surface area contributed by atoms with Gasteiger partial charge in [-0.1, -0.05) is 17.3 Å². The fourth-order valence-electron chi connectivity index (χ4n) is 1.49. The minimum absolute atomic E-state index is 0.130. The molecule has 0 aliphatic rings. The minimum atomic E-state index is -0.700. The molecule has 0 spiro atoms. The van der Waals surface area contributed by atoms with Crippen molar-refractivity contribution in [2.24, 2.45) is 10.9 Å². The molecule has 0 fully saturated rings. The Kier molecular flexibility index (Phi) is 3.93. The molecule has 0 atom stereocenters. The van der Waals surface area contributed by atoms with Crippen LogP contribution in [0.15, 0.2) is 41.7 Å². The highest BCUT2D eigenvalue weighted by atomic mass is 19.1. The molecule has 0 saturated heterocycles. The highest BCUT2D eigenvalue weighted by Gasteiger charge is 2.18. The Bertz CT molecular complexity index is 720. The molecule has 0 unspecified atom stereocenters. The molecule has 1 aromatic carbocycles. The zero-order valence-electron chi connectivity index (χ0n) is 10.4. The number of rotatable bonds is 4. The van der Waals surface area contributed by atoms with Crippen LogP contribution in [0.1, 0.15) is 5.56 Å². The molecule has 3 N–H and O–H groups in total. The molecule has 108 valence electrons. The summed E-state index contributed by atoms with van der Waals surface area (Å²) in [7, 11) is 0. The molecule has 0 radical (unpaired) electrons. The van der Waals surface area contributed by atoms with Crippen LogP contribution >= 0.6 is 0 Å². The van der Waals surface area contributed by atoms with Gasteiger partial charge in [0.05, 0.1) is 10.5 Å². The van der Waals surface area contributed by atoms with Gasteiger partial charge in [0.1, 0.15) is 6.20 Å². The lowest BCUT2D eigenvalue weighted by molar-refractivity contribution is -0.385. The number of aromatic nitrogens is 1. The predicted molar refractivity (Wildman–Crippen MR) is 69.9 cm³/mol. The van der Waals surface area contributed by atoms with Crippen molar-refractivity contribution < 1.29 is 19.3 Å².